The number of halogens is 1. The van der Waals surface area contributed by atoms with Crippen molar-refractivity contribution in [3.8, 4) is 11.5 Å². The summed E-state index contributed by atoms with van der Waals surface area (Å²) in [5, 5.41) is 10.6. The SMILES string of the molecule is COc1cc(CN(Cc2cccnc2)CC2CCN(C3CCCC3)CC2)c(Cl)cc1O. The highest BCUT2D eigenvalue weighted by Gasteiger charge is 2.28. The van der Waals surface area contributed by atoms with Crippen LogP contribution < -0.4 is 4.74 Å². The molecular formula is C25H34ClN3O2. The van der Waals surface area contributed by atoms with Gasteiger partial charge >= 0.3 is 0 Å². The molecule has 5 nitrogen and oxygen atoms in total. The molecule has 1 saturated carbocycles. The normalized spacial score (nSPS) is 18.7. The van der Waals surface area contributed by atoms with Crippen LogP contribution in [0, 0.1) is 5.92 Å². The number of piperidine rings is 1. The number of methoxy groups -OCH3 is 1. The summed E-state index contributed by atoms with van der Waals surface area (Å²) >= 11 is 6.48. The number of aromatic nitrogens is 1. The third kappa shape index (κ3) is 5.91. The Morgan fingerprint density at radius 3 is 2.61 bits per heavy atom. The summed E-state index contributed by atoms with van der Waals surface area (Å²) in [6.45, 7) is 5.03. The topological polar surface area (TPSA) is 48.8 Å². The molecule has 0 radical (unpaired) electrons. The second-order valence-corrected chi connectivity index (χ2v) is 9.47. The van der Waals surface area contributed by atoms with Crippen LogP contribution in [-0.4, -0.2) is 52.7 Å². The second kappa shape index (κ2) is 10.7. The van der Waals surface area contributed by atoms with Gasteiger partial charge in [0.15, 0.2) is 11.5 Å². The average Bonchev–Trinajstić information content (AvgIpc) is 3.32. The Morgan fingerprint density at radius 1 is 1.16 bits per heavy atom. The van der Waals surface area contributed by atoms with E-state index in [-0.39, 0.29) is 5.75 Å². The molecule has 0 bridgehead atoms. The Bertz CT molecular complexity index is 834. The van der Waals surface area contributed by atoms with Gasteiger partial charge in [-0.15, -0.1) is 0 Å². The van der Waals surface area contributed by atoms with E-state index in [0.717, 1.165) is 24.7 Å². The fourth-order valence-electron chi connectivity index (χ4n) is 5.18. The van der Waals surface area contributed by atoms with E-state index in [1.165, 1.54) is 57.2 Å². The molecule has 0 spiro atoms. The largest absolute Gasteiger partial charge is 0.504 e. The van der Waals surface area contributed by atoms with Crippen LogP contribution in [-0.2, 0) is 13.1 Å². The number of ether oxygens (including phenoxy) is 1. The average molecular weight is 444 g/mol. The van der Waals surface area contributed by atoms with Crippen molar-refractivity contribution in [3.63, 3.8) is 0 Å². The summed E-state index contributed by atoms with van der Waals surface area (Å²) in [6, 6.07) is 8.39. The number of pyridine rings is 1. The Hall–Kier alpha value is -1.82. The lowest BCUT2D eigenvalue weighted by molar-refractivity contribution is 0.107. The highest BCUT2D eigenvalue weighted by atomic mass is 35.5. The Balaban J connectivity index is 1.43. The van der Waals surface area contributed by atoms with Gasteiger partial charge in [-0.05, 0) is 68.0 Å². The molecule has 4 rings (SSSR count). The van der Waals surface area contributed by atoms with Gasteiger partial charge in [0.2, 0.25) is 0 Å². The van der Waals surface area contributed by atoms with Gasteiger partial charge in [-0.1, -0.05) is 30.5 Å². The van der Waals surface area contributed by atoms with E-state index in [0.29, 0.717) is 23.2 Å². The second-order valence-electron chi connectivity index (χ2n) is 9.06. The van der Waals surface area contributed by atoms with Crippen LogP contribution in [0.3, 0.4) is 0 Å². The molecule has 1 N–H and O–H groups in total. The van der Waals surface area contributed by atoms with Gasteiger partial charge < -0.3 is 14.7 Å². The molecule has 2 aromatic rings. The number of rotatable bonds is 8. The van der Waals surface area contributed by atoms with Crippen molar-refractivity contribution in [2.45, 2.75) is 57.7 Å². The molecule has 0 amide bonds. The Morgan fingerprint density at radius 2 is 1.94 bits per heavy atom. The molecule has 1 aromatic heterocycles. The first-order valence-electron chi connectivity index (χ1n) is 11.5. The van der Waals surface area contributed by atoms with E-state index in [4.69, 9.17) is 16.3 Å². The summed E-state index contributed by atoms with van der Waals surface area (Å²) in [5.74, 6) is 1.23. The first kappa shape index (κ1) is 22.4. The zero-order chi connectivity index (χ0) is 21.6. The molecular weight excluding hydrogens is 410 g/mol. The van der Waals surface area contributed by atoms with Crippen molar-refractivity contribution in [2.24, 2.45) is 5.92 Å². The molecule has 31 heavy (non-hydrogen) atoms. The molecule has 2 fully saturated rings. The lowest BCUT2D eigenvalue weighted by atomic mass is 9.94. The predicted octanol–water partition coefficient (Wildman–Crippen LogP) is 5.11. The predicted molar refractivity (Wildman–Crippen MR) is 125 cm³/mol. The minimum atomic E-state index is 0.0781. The lowest BCUT2D eigenvalue weighted by Crippen LogP contribution is -2.42. The first-order valence-corrected chi connectivity index (χ1v) is 11.9. The Kier molecular flexibility index (Phi) is 7.70. The molecule has 2 heterocycles. The zero-order valence-corrected chi connectivity index (χ0v) is 19.2. The lowest BCUT2D eigenvalue weighted by Gasteiger charge is -2.38. The van der Waals surface area contributed by atoms with Crippen molar-refractivity contribution in [3.05, 3.63) is 52.8 Å². The van der Waals surface area contributed by atoms with Gasteiger partial charge in [-0.25, -0.2) is 0 Å². The van der Waals surface area contributed by atoms with E-state index in [2.05, 4.69) is 20.9 Å². The number of phenolic OH excluding ortho intramolecular Hbond substituents is 1. The van der Waals surface area contributed by atoms with Gasteiger partial charge in [-0.3, -0.25) is 9.88 Å². The van der Waals surface area contributed by atoms with Crippen LogP contribution in [0.15, 0.2) is 36.7 Å². The summed E-state index contributed by atoms with van der Waals surface area (Å²) in [6.07, 6.45) is 11.8. The van der Waals surface area contributed by atoms with Gasteiger partial charge in [-0.2, -0.15) is 0 Å². The van der Waals surface area contributed by atoms with Gasteiger partial charge in [0.05, 0.1) is 7.11 Å². The van der Waals surface area contributed by atoms with Gasteiger partial charge in [0.25, 0.3) is 0 Å². The minimum absolute atomic E-state index is 0.0781. The van der Waals surface area contributed by atoms with Crippen LogP contribution in [0.5, 0.6) is 11.5 Å². The standard InChI is InChI=1S/C25H34ClN3O2/c1-31-25-13-21(23(26)14-24(25)30)18-28(17-20-5-4-10-27-15-20)16-19-8-11-29(12-9-19)22-6-2-3-7-22/h4-5,10,13-15,19,22,30H,2-3,6-9,11-12,16-18H2,1H3. The first-order chi connectivity index (χ1) is 15.1. The highest BCUT2D eigenvalue weighted by molar-refractivity contribution is 6.31. The summed E-state index contributed by atoms with van der Waals surface area (Å²) in [4.78, 5) is 9.49. The van der Waals surface area contributed by atoms with Crippen molar-refractivity contribution in [2.75, 3.05) is 26.7 Å². The number of phenols is 1. The number of hydrogen-bond acceptors (Lipinski definition) is 5. The van der Waals surface area contributed by atoms with Crippen LogP contribution in [0.4, 0.5) is 0 Å². The molecule has 1 saturated heterocycles. The molecule has 1 aliphatic heterocycles. The monoisotopic (exact) mass is 443 g/mol. The van der Waals surface area contributed by atoms with Crippen LogP contribution in [0.1, 0.15) is 49.7 Å². The van der Waals surface area contributed by atoms with E-state index >= 15 is 0 Å². The fraction of sp³-hybridized carbons (Fsp3) is 0.560. The summed E-state index contributed by atoms with van der Waals surface area (Å²) < 4.78 is 5.31. The molecule has 1 aliphatic carbocycles. The third-order valence-electron chi connectivity index (χ3n) is 6.88. The quantitative estimate of drug-likeness (QED) is 0.614. The van der Waals surface area contributed by atoms with Gasteiger partial charge in [0, 0.05) is 49.2 Å². The maximum Gasteiger partial charge on any atom is 0.160 e. The third-order valence-corrected chi connectivity index (χ3v) is 7.23. The molecule has 1 aromatic carbocycles. The van der Waals surface area contributed by atoms with E-state index in [1.807, 2.05) is 24.5 Å². The van der Waals surface area contributed by atoms with Crippen molar-refractivity contribution >= 4 is 11.6 Å². The van der Waals surface area contributed by atoms with E-state index in [1.54, 1.807) is 13.2 Å². The fourth-order valence-corrected chi connectivity index (χ4v) is 5.40. The molecule has 6 heteroatoms. The molecule has 2 aliphatic rings. The van der Waals surface area contributed by atoms with Gasteiger partial charge in [0.1, 0.15) is 0 Å². The van der Waals surface area contributed by atoms with Crippen molar-refractivity contribution in [1.29, 1.82) is 0 Å². The molecule has 0 unspecified atom stereocenters. The summed E-state index contributed by atoms with van der Waals surface area (Å²) in [5.41, 5.74) is 2.18. The highest BCUT2D eigenvalue weighted by Crippen LogP contribution is 2.34. The number of benzene rings is 1. The van der Waals surface area contributed by atoms with Crippen LogP contribution in [0.25, 0.3) is 0 Å². The maximum absolute atomic E-state index is 10.0. The number of hydrogen-bond donors (Lipinski definition) is 1. The van der Waals surface area contributed by atoms with E-state index < -0.39 is 0 Å². The zero-order valence-electron chi connectivity index (χ0n) is 18.5. The smallest absolute Gasteiger partial charge is 0.160 e. The van der Waals surface area contributed by atoms with E-state index in [9.17, 15) is 5.11 Å². The molecule has 168 valence electrons. The van der Waals surface area contributed by atoms with Crippen LogP contribution >= 0.6 is 11.6 Å². The van der Waals surface area contributed by atoms with Crippen molar-refractivity contribution < 1.29 is 9.84 Å². The molecule has 0 atom stereocenters. The minimum Gasteiger partial charge on any atom is -0.504 e. The Labute approximate surface area is 191 Å². The number of likely N-dealkylation sites (tertiary alicyclic amines) is 1. The number of nitrogens with zero attached hydrogens (tertiary/aromatic N) is 3. The summed E-state index contributed by atoms with van der Waals surface area (Å²) in [7, 11) is 1.57. The van der Waals surface area contributed by atoms with Crippen molar-refractivity contribution in [1.82, 2.24) is 14.8 Å². The maximum atomic E-state index is 10.0. The number of aromatic hydroxyl groups is 1. The van der Waals surface area contributed by atoms with Crippen LogP contribution in [0.2, 0.25) is 5.02 Å².